The number of amides is 1. The Labute approximate surface area is 249 Å². The highest BCUT2D eigenvalue weighted by Gasteiger charge is 2.22. The number of aromatic nitrogens is 2. The third kappa shape index (κ3) is 6.40. The number of rotatable bonds is 10. The Kier molecular flexibility index (Phi) is 8.75. The van der Waals surface area contributed by atoms with Gasteiger partial charge in [0.1, 0.15) is 35.2 Å². The summed E-state index contributed by atoms with van der Waals surface area (Å²) < 4.78 is 12.0. The van der Waals surface area contributed by atoms with E-state index in [0.29, 0.717) is 26.7 Å². The maximum atomic E-state index is 13.3. The van der Waals surface area contributed by atoms with Crippen molar-refractivity contribution in [2.45, 2.75) is 13.5 Å². The molecule has 11 heteroatoms. The zero-order valence-corrected chi connectivity index (χ0v) is 23.9. The van der Waals surface area contributed by atoms with Crippen LogP contribution in [-0.2, 0) is 16.1 Å². The van der Waals surface area contributed by atoms with Gasteiger partial charge in [0.2, 0.25) is 5.91 Å². The predicted molar refractivity (Wildman–Crippen MR) is 161 cm³/mol. The van der Waals surface area contributed by atoms with Gasteiger partial charge in [-0.25, -0.2) is 9.78 Å². The molecule has 0 spiro atoms. The largest absolute Gasteiger partial charge is 0.490 e. The summed E-state index contributed by atoms with van der Waals surface area (Å²) in [6, 6.07) is 22.3. The van der Waals surface area contributed by atoms with Crippen molar-refractivity contribution < 1.29 is 23.9 Å². The van der Waals surface area contributed by atoms with Crippen LogP contribution in [0.15, 0.2) is 90.0 Å². The number of hydrogen-bond acceptors (Lipinski definition) is 8. The van der Waals surface area contributed by atoms with Crippen molar-refractivity contribution in [1.82, 2.24) is 9.55 Å². The van der Waals surface area contributed by atoms with Crippen molar-refractivity contribution in [2.75, 3.05) is 18.5 Å². The molecule has 2 aromatic heterocycles. The first-order chi connectivity index (χ1) is 20.3. The Hall–Kier alpha value is -4.80. The van der Waals surface area contributed by atoms with E-state index in [9.17, 15) is 19.2 Å². The Morgan fingerprint density at radius 3 is 2.43 bits per heavy atom. The highest BCUT2D eigenvalue weighted by molar-refractivity contribution is 7.20. The van der Waals surface area contributed by atoms with Crippen LogP contribution in [0, 0.1) is 6.92 Å². The molecule has 9 nitrogen and oxygen atoms in total. The van der Waals surface area contributed by atoms with Crippen LogP contribution in [0.5, 0.6) is 5.75 Å². The first-order valence-corrected chi connectivity index (χ1v) is 14.0. The third-order valence-electron chi connectivity index (χ3n) is 6.28. The normalized spacial score (nSPS) is 10.8. The molecule has 0 aliphatic carbocycles. The third-order valence-corrected chi connectivity index (χ3v) is 7.70. The molecule has 0 radical (unpaired) electrons. The lowest BCUT2D eigenvalue weighted by Gasteiger charge is -2.12. The smallest absolute Gasteiger partial charge is 0.348 e. The zero-order chi connectivity index (χ0) is 29.6. The number of ether oxygens (including phenoxy) is 2. The number of carbonyl (C=O) groups is 3. The summed E-state index contributed by atoms with van der Waals surface area (Å²) in [6.07, 6.45) is 1.25. The molecule has 0 atom stereocenters. The van der Waals surface area contributed by atoms with E-state index >= 15 is 0 Å². The average molecular weight is 602 g/mol. The van der Waals surface area contributed by atoms with Gasteiger partial charge >= 0.3 is 5.97 Å². The summed E-state index contributed by atoms with van der Waals surface area (Å²) in [6.45, 7) is 1.47. The van der Waals surface area contributed by atoms with Gasteiger partial charge < -0.3 is 14.8 Å². The van der Waals surface area contributed by atoms with Gasteiger partial charge in [0.25, 0.3) is 5.56 Å². The molecule has 0 aliphatic heterocycles. The van der Waals surface area contributed by atoms with E-state index in [4.69, 9.17) is 21.1 Å². The number of benzene rings is 3. The standard InChI is InChI=1S/C31H24ClN3O6S/c1-19-26-29(42-28(19)31(39)41-15-14-40-22-10-6-3-7-11-22)33-18-35(30(26)38)17-25(36)34-24-13-12-21(32)16-23(24)27(37)20-8-4-2-5-9-20/h2-13,16,18H,14-15,17H2,1H3,(H,34,36). The van der Waals surface area contributed by atoms with Crippen LogP contribution < -0.4 is 15.6 Å². The highest BCUT2D eigenvalue weighted by atomic mass is 35.5. The van der Waals surface area contributed by atoms with Gasteiger partial charge in [-0.1, -0.05) is 60.1 Å². The second-order valence-corrected chi connectivity index (χ2v) is 10.6. The number of carbonyl (C=O) groups excluding carboxylic acids is 3. The summed E-state index contributed by atoms with van der Waals surface area (Å²) in [5.41, 5.74) is 0.853. The molecule has 0 unspecified atom stereocenters. The molecule has 2 heterocycles. The van der Waals surface area contributed by atoms with Crippen LogP contribution in [0.2, 0.25) is 5.02 Å². The van der Waals surface area contributed by atoms with Gasteiger partial charge in [-0.15, -0.1) is 11.3 Å². The Balaban J connectivity index is 1.29. The number of thiophene rings is 1. The van der Waals surface area contributed by atoms with Crippen molar-refractivity contribution in [2.24, 2.45) is 0 Å². The molecule has 0 saturated heterocycles. The molecule has 5 aromatic rings. The number of nitrogens with one attached hydrogen (secondary N) is 1. The first kappa shape index (κ1) is 28.7. The molecular formula is C31H24ClN3O6S. The second-order valence-electron chi connectivity index (χ2n) is 9.14. The van der Waals surface area contributed by atoms with Crippen molar-refractivity contribution in [3.05, 3.63) is 122 Å². The molecule has 0 saturated carbocycles. The number of nitrogens with zero attached hydrogens (tertiary/aromatic N) is 2. The number of ketones is 1. The number of anilines is 1. The molecule has 0 fully saturated rings. The summed E-state index contributed by atoms with van der Waals surface area (Å²) in [4.78, 5) is 57.0. The minimum absolute atomic E-state index is 0.0265. The summed E-state index contributed by atoms with van der Waals surface area (Å²) in [7, 11) is 0. The second kappa shape index (κ2) is 12.8. The maximum Gasteiger partial charge on any atom is 0.348 e. The van der Waals surface area contributed by atoms with E-state index in [2.05, 4.69) is 10.3 Å². The van der Waals surface area contributed by atoms with Gasteiger partial charge in [0.05, 0.1) is 17.4 Å². The fourth-order valence-electron chi connectivity index (χ4n) is 4.25. The monoisotopic (exact) mass is 601 g/mol. The number of para-hydroxylation sites is 1. The number of aryl methyl sites for hydroxylation is 1. The fraction of sp³-hybridized carbons (Fsp3) is 0.129. The van der Waals surface area contributed by atoms with Gasteiger partial charge in [-0.3, -0.25) is 19.0 Å². The number of esters is 1. The Morgan fingerprint density at radius 2 is 1.69 bits per heavy atom. The van der Waals surface area contributed by atoms with Gasteiger partial charge in [0.15, 0.2) is 5.78 Å². The average Bonchev–Trinajstić information content (AvgIpc) is 3.35. The van der Waals surface area contributed by atoms with Gasteiger partial charge in [-0.05, 0) is 42.8 Å². The quantitative estimate of drug-likeness (QED) is 0.127. The van der Waals surface area contributed by atoms with Crippen molar-refractivity contribution in [3.8, 4) is 5.75 Å². The Bertz CT molecular complexity index is 1840. The van der Waals surface area contributed by atoms with E-state index in [-0.39, 0.29) is 47.1 Å². The number of hydrogen-bond donors (Lipinski definition) is 1. The van der Waals surface area contributed by atoms with E-state index in [0.717, 1.165) is 15.9 Å². The van der Waals surface area contributed by atoms with Gasteiger partial charge in [-0.2, -0.15) is 0 Å². The highest BCUT2D eigenvalue weighted by Crippen LogP contribution is 2.28. The van der Waals surface area contributed by atoms with Crippen LogP contribution in [0.1, 0.15) is 31.2 Å². The molecule has 5 rings (SSSR count). The van der Waals surface area contributed by atoms with Crippen LogP contribution in [-0.4, -0.2) is 40.4 Å². The molecular weight excluding hydrogens is 578 g/mol. The van der Waals surface area contributed by atoms with E-state index in [1.54, 1.807) is 55.5 Å². The van der Waals surface area contributed by atoms with Crippen molar-refractivity contribution in [1.29, 1.82) is 0 Å². The molecule has 1 amide bonds. The fourth-order valence-corrected chi connectivity index (χ4v) is 5.45. The Morgan fingerprint density at radius 1 is 0.976 bits per heavy atom. The lowest BCUT2D eigenvalue weighted by Crippen LogP contribution is -2.28. The number of halogens is 1. The van der Waals surface area contributed by atoms with Crippen LogP contribution in [0.4, 0.5) is 5.69 Å². The first-order valence-electron chi connectivity index (χ1n) is 12.8. The lowest BCUT2D eigenvalue weighted by molar-refractivity contribution is -0.116. The molecule has 0 aliphatic rings. The summed E-state index contributed by atoms with van der Waals surface area (Å²) >= 11 is 7.18. The topological polar surface area (TPSA) is 117 Å². The molecule has 0 bridgehead atoms. The van der Waals surface area contributed by atoms with Gasteiger partial charge in [0, 0.05) is 16.1 Å². The molecule has 3 aromatic carbocycles. The summed E-state index contributed by atoms with van der Waals surface area (Å²) in [5, 5.41) is 3.27. The lowest BCUT2D eigenvalue weighted by atomic mass is 10.0. The summed E-state index contributed by atoms with van der Waals surface area (Å²) in [5.74, 6) is -0.785. The molecule has 1 N–H and O–H groups in total. The minimum Gasteiger partial charge on any atom is -0.490 e. The number of fused-ring (bicyclic) bond motifs is 1. The van der Waals surface area contributed by atoms with E-state index in [1.165, 1.54) is 18.5 Å². The van der Waals surface area contributed by atoms with Crippen LogP contribution in [0.25, 0.3) is 10.2 Å². The predicted octanol–water partition coefficient (Wildman–Crippen LogP) is 5.53. The molecule has 42 heavy (non-hydrogen) atoms. The van der Waals surface area contributed by atoms with E-state index < -0.39 is 17.4 Å². The van der Waals surface area contributed by atoms with Crippen molar-refractivity contribution >= 4 is 56.5 Å². The van der Waals surface area contributed by atoms with E-state index in [1.807, 2.05) is 18.2 Å². The SMILES string of the molecule is Cc1c(C(=O)OCCOc2ccccc2)sc2ncn(CC(=O)Nc3ccc(Cl)cc3C(=O)c3ccccc3)c(=O)c12. The van der Waals surface area contributed by atoms with Crippen LogP contribution >= 0.6 is 22.9 Å². The molecule has 212 valence electrons. The van der Waals surface area contributed by atoms with Crippen molar-refractivity contribution in [3.63, 3.8) is 0 Å². The van der Waals surface area contributed by atoms with Crippen LogP contribution in [0.3, 0.4) is 0 Å². The maximum absolute atomic E-state index is 13.3. The zero-order valence-electron chi connectivity index (χ0n) is 22.3. The minimum atomic E-state index is -0.589.